The Morgan fingerprint density at radius 1 is 1.32 bits per heavy atom. The molecule has 2 aromatic rings. The molecule has 0 bridgehead atoms. The average molecular weight is 431 g/mol. The van der Waals surface area contributed by atoms with Gasteiger partial charge in [0.2, 0.25) is 0 Å². The van der Waals surface area contributed by atoms with Crippen molar-refractivity contribution in [3.8, 4) is 0 Å². The second kappa shape index (κ2) is 7.06. The van der Waals surface area contributed by atoms with E-state index in [0.717, 1.165) is 3.57 Å². The second-order valence-electron chi connectivity index (χ2n) is 4.67. The SMILES string of the molecule is CN(Cc1cc([N+](=O)[O-])ccc1Cl)C(=O)c1ccccc1I. The van der Waals surface area contributed by atoms with Crippen LogP contribution in [0, 0.1) is 13.7 Å². The Balaban J connectivity index is 2.24. The number of carbonyl (C=O) groups is 1. The molecule has 0 heterocycles. The van der Waals surface area contributed by atoms with Gasteiger partial charge >= 0.3 is 0 Å². The zero-order valence-corrected chi connectivity index (χ0v) is 14.5. The lowest BCUT2D eigenvalue weighted by Gasteiger charge is -2.18. The van der Waals surface area contributed by atoms with Gasteiger partial charge in [0.25, 0.3) is 11.6 Å². The van der Waals surface area contributed by atoms with Gasteiger partial charge in [-0.15, -0.1) is 0 Å². The summed E-state index contributed by atoms with van der Waals surface area (Å²) < 4.78 is 0.849. The van der Waals surface area contributed by atoms with E-state index in [4.69, 9.17) is 11.6 Å². The van der Waals surface area contributed by atoms with Gasteiger partial charge < -0.3 is 4.90 Å². The Bertz CT molecular complexity index is 736. The topological polar surface area (TPSA) is 63.4 Å². The molecule has 0 unspecified atom stereocenters. The number of carbonyl (C=O) groups excluding carboxylic acids is 1. The minimum atomic E-state index is -0.484. The Morgan fingerprint density at radius 2 is 2.00 bits per heavy atom. The molecule has 0 N–H and O–H groups in total. The van der Waals surface area contributed by atoms with Crippen LogP contribution in [-0.2, 0) is 6.54 Å². The van der Waals surface area contributed by atoms with E-state index in [-0.39, 0.29) is 18.1 Å². The maximum Gasteiger partial charge on any atom is 0.269 e. The highest BCUT2D eigenvalue weighted by atomic mass is 127. The minimum Gasteiger partial charge on any atom is -0.337 e. The molecule has 0 atom stereocenters. The first-order valence-corrected chi connectivity index (χ1v) is 7.78. The maximum absolute atomic E-state index is 12.4. The Hall–Kier alpha value is -1.67. The molecule has 0 saturated heterocycles. The zero-order chi connectivity index (χ0) is 16.3. The van der Waals surface area contributed by atoms with Gasteiger partial charge in [-0.2, -0.15) is 0 Å². The molecular formula is C15H12ClIN2O3. The molecule has 0 radical (unpaired) electrons. The van der Waals surface area contributed by atoms with Gasteiger partial charge in [-0.05, 0) is 46.4 Å². The molecule has 22 heavy (non-hydrogen) atoms. The van der Waals surface area contributed by atoms with Crippen molar-refractivity contribution >= 4 is 45.8 Å². The van der Waals surface area contributed by atoms with Crippen LogP contribution in [0.5, 0.6) is 0 Å². The van der Waals surface area contributed by atoms with Crippen molar-refractivity contribution in [1.29, 1.82) is 0 Å². The lowest BCUT2D eigenvalue weighted by Crippen LogP contribution is -2.27. The smallest absolute Gasteiger partial charge is 0.269 e. The molecule has 0 aliphatic carbocycles. The summed E-state index contributed by atoms with van der Waals surface area (Å²) in [5.74, 6) is -0.160. The van der Waals surface area contributed by atoms with Crippen LogP contribution in [0.4, 0.5) is 5.69 Å². The van der Waals surface area contributed by atoms with Crippen molar-refractivity contribution < 1.29 is 9.72 Å². The predicted molar refractivity (Wildman–Crippen MR) is 93.1 cm³/mol. The predicted octanol–water partition coefficient (Wildman–Crippen LogP) is 4.13. The van der Waals surface area contributed by atoms with Crippen LogP contribution < -0.4 is 0 Å². The number of nitro groups is 1. The summed E-state index contributed by atoms with van der Waals surface area (Å²) in [6.45, 7) is 0.199. The third-order valence-corrected chi connectivity index (χ3v) is 4.41. The third-order valence-electron chi connectivity index (χ3n) is 3.10. The van der Waals surface area contributed by atoms with Crippen LogP contribution in [0.2, 0.25) is 5.02 Å². The summed E-state index contributed by atoms with van der Waals surface area (Å²) in [7, 11) is 1.64. The molecule has 0 saturated carbocycles. The van der Waals surface area contributed by atoms with Gasteiger partial charge in [-0.25, -0.2) is 0 Å². The van der Waals surface area contributed by atoms with Crippen LogP contribution in [0.15, 0.2) is 42.5 Å². The van der Waals surface area contributed by atoms with E-state index < -0.39 is 4.92 Å². The Labute approximate surface area is 146 Å². The Kier molecular flexibility index (Phi) is 5.36. The molecule has 5 nitrogen and oxygen atoms in total. The number of benzene rings is 2. The van der Waals surface area contributed by atoms with E-state index in [0.29, 0.717) is 16.1 Å². The molecule has 2 rings (SSSR count). The number of amides is 1. The highest BCUT2D eigenvalue weighted by molar-refractivity contribution is 14.1. The largest absolute Gasteiger partial charge is 0.337 e. The van der Waals surface area contributed by atoms with Gasteiger partial charge in [-0.1, -0.05) is 23.7 Å². The molecule has 0 aliphatic heterocycles. The van der Waals surface area contributed by atoms with Gasteiger partial charge in [0, 0.05) is 34.3 Å². The summed E-state index contributed by atoms with van der Waals surface area (Å²) in [5, 5.41) is 11.2. The highest BCUT2D eigenvalue weighted by Crippen LogP contribution is 2.24. The van der Waals surface area contributed by atoms with Crippen LogP contribution in [-0.4, -0.2) is 22.8 Å². The van der Waals surface area contributed by atoms with E-state index in [2.05, 4.69) is 22.6 Å². The van der Waals surface area contributed by atoms with Crippen molar-refractivity contribution in [3.05, 3.63) is 72.3 Å². The van der Waals surface area contributed by atoms with E-state index >= 15 is 0 Å². The normalized spacial score (nSPS) is 10.3. The fourth-order valence-electron chi connectivity index (χ4n) is 1.96. The highest BCUT2D eigenvalue weighted by Gasteiger charge is 2.17. The summed E-state index contributed by atoms with van der Waals surface area (Å²) in [6.07, 6.45) is 0. The zero-order valence-electron chi connectivity index (χ0n) is 11.6. The third kappa shape index (κ3) is 3.75. The average Bonchev–Trinajstić information content (AvgIpc) is 2.49. The van der Waals surface area contributed by atoms with Crippen molar-refractivity contribution in [3.63, 3.8) is 0 Å². The fourth-order valence-corrected chi connectivity index (χ4v) is 2.76. The summed E-state index contributed by atoms with van der Waals surface area (Å²) in [4.78, 5) is 24.3. The number of nitrogens with zero attached hydrogens (tertiary/aromatic N) is 2. The van der Waals surface area contributed by atoms with Gasteiger partial charge in [-0.3, -0.25) is 14.9 Å². The maximum atomic E-state index is 12.4. The molecule has 0 spiro atoms. The first-order valence-electron chi connectivity index (χ1n) is 6.33. The molecule has 7 heteroatoms. The monoisotopic (exact) mass is 430 g/mol. The molecule has 2 aromatic carbocycles. The first-order chi connectivity index (χ1) is 10.4. The Morgan fingerprint density at radius 3 is 2.64 bits per heavy atom. The van der Waals surface area contributed by atoms with Crippen LogP contribution >= 0.6 is 34.2 Å². The number of nitro benzene ring substituents is 1. The summed E-state index contributed by atoms with van der Waals surface area (Å²) >= 11 is 8.16. The van der Waals surface area contributed by atoms with Gasteiger partial charge in [0.15, 0.2) is 0 Å². The van der Waals surface area contributed by atoms with E-state index in [1.165, 1.54) is 23.1 Å². The van der Waals surface area contributed by atoms with Gasteiger partial charge in [0.1, 0.15) is 0 Å². The van der Waals surface area contributed by atoms with Crippen molar-refractivity contribution in [2.24, 2.45) is 0 Å². The van der Waals surface area contributed by atoms with E-state index in [9.17, 15) is 14.9 Å². The molecule has 1 amide bonds. The molecule has 0 aliphatic rings. The van der Waals surface area contributed by atoms with Crippen LogP contribution in [0.25, 0.3) is 0 Å². The second-order valence-corrected chi connectivity index (χ2v) is 6.24. The quantitative estimate of drug-likeness (QED) is 0.416. The van der Waals surface area contributed by atoms with Crippen molar-refractivity contribution in [2.45, 2.75) is 6.54 Å². The van der Waals surface area contributed by atoms with Crippen molar-refractivity contribution in [1.82, 2.24) is 4.90 Å². The van der Waals surface area contributed by atoms with Crippen molar-refractivity contribution in [2.75, 3.05) is 7.05 Å². The number of hydrogen-bond donors (Lipinski definition) is 0. The first kappa shape index (κ1) is 16.7. The minimum absolute atomic E-state index is 0.0467. The molecule has 0 aromatic heterocycles. The number of halogens is 2. The van der Waals surface area contributed by atoms with Crippen LogP contribution in [0.1, 0.15) is 15.9 Å². The van der Waals surface area contributed by atoms with Gasteiger partial charge in [0.05, 0.1) is 10.5 Å². The van der Waals surface area contributed by atoms with E-state index in [1.807, 2.05) is 12.1 Å². The number of non-ortho nitro benzene ring substituents is 1. The van der Waals surface area contributed by atoms with Crippen LogP contribution in [0.3, 0.4) is 0 Å². The molecule has 114 valence electrons. The fraction of sp³-hybridized carbons (Fsp3) is 0.133. The number of rotatable bonds is 4. The molecular weight excluding hydrogens is 419 g/mol. The molecule has 0 fully saturated rings. The van der Waals surface area contributed by atoms with E-state index in [1.54, 1.807) is 19.2 Å². The standard InChI is InChI=1S/C15H12ClIN2O3/c1-18(15(20)12-4-2-3-5-14(12)17)9-10-8-11(19(21)22)6-7-13(10)16/h2-8H,9H2,1H3. The lowest BCUT2D eigenvalue weighted by atomic mass is 10.1. The summed E-state index contributed by atoms with van der Waals surface area (Å²) in [5.41, 5.74) is 1.08. The summed E-state index contributed by atoms with van der Waals surface area (Å²) in [6, 6.07) is 11.5. The lowest BCUT2D eigenvalue weighted by molar-refractivity contribution is -0.384. The number of hydrogen-bond acceptors (Lipinski definition) is 3.